The van der Waals surface area contributed by atoms with Crippen molar-refractivity contribution in [1.29, 1.82) is 0 Å². The summed E-state index contributed by atoms with van der Waals surface area (Å²) in [6, 6.07) is 13.7. The first-order chi connectivity index (χ1) is 13.1. The summed E-state index contributed by atoms with van der Waals surface area (Å²) in [6.07, 6.45) is 0. The monoisotopic (exact) mass is 439 g/mol. The fourth-order valence-electron chi connectivity index (χ4n) is 2.53. The van der Waals surface area contributed by atoms with Crippen LogP contribution in [0.3, 0.4) is 0 Å². The average molecular weight is 440 g/mol. The smallest absolute Gasteiger partial charge is 0.170 e. The Morgan fingerprint density at radius 1 is 0.931 bits per heavy atom. The molecule has 1 aromatic heterocycles. The summed E-state index contributed by atoms with van der Waals surface area (Å²) in [5.41, 5.74) is 14.2. The number of benzene rings is 2. The Bertz CT molecular complexity index is 1020. The number of ether oxygens (including phenoxy) is 1. The zero-order valence-electron chi connectivity index (χ0n) is 15.1. The van der Waals surface area contributed by atoms with Crippen LogP contribution in [0.25, 0.3) is 22.6 Å². The maximum atomic E-state index is 8.87. The van der Waals surface area contributed by atoms with E-state index in [4.69, 9.17) is 31.1 Å². The van der Waals surface area contributed by atoms with Gasteiger partial charge in [0.2, 0.25) is 0 Å². The van der Waals surface area contributed by atoms with Crippen molar-refractivity contribution in [2.75, 3.05) is 7.11 Å². The summed E-state index contributed by atoms with van der Waals surface area (Å²) in [4.78, 5) is 0. The summed E-state index contributed by atoms with van der Waals surface area (Å²) >= 11 is 0. The van der Waals surface area contributed by atoms with Crippen LogP contribution < -0.4 is 16.2 Å². The molecule has 2 aromatic carbocycles. The van der Waals surface area contributed by atoms with Gasteiger partial charge < -0.3 is 31.1 Å². The van der Waals surface area contributed by atoms with Crippen LogP contribution in [0.1, 0.15) is 11.1 Å². The molecule has 29 heavy (non-hydrogen) atoms. The number of hydrogen-bond acceptors (Lipinski definition) is 7. The average Bonchev–Trinajstić information content (AvgIpc) is 3.22. The molecular weight excluding hydrogens is 421 g/mol. The van der Waals surface area contributed by atoms with Gasteiger partial charge in [0.15, 0.2) is 17.4 Å². The molecule has 0 aliphatic heterocycles. The molecule has 0 radical (unpaired) electrons. The highest BCUT2D eigenvalue weighted by molar-refractivity contribution is 5.99. The van der Waals surface area contributed by atoms with E-state index in [-0.39, 0.29) is 36.5 Å². The fourth-order valence-corrected chi connectivity index (χ4v) is 2.53. The highest BCUT2D eigenvalue weighted by atomic mass is 35.5. The van der Waals surface area contributed by atoms with Gasteiger partial charge in [0.1, 0.15) is 11.4 Å². The molecule has 3 aromatic rings. The van der Waals surface area contributed by atoms with Gasteiger partial charge in [-0.25, -0.2) is 0 Å². The molecule has 0 amide bonds. The van der Waals surface area contributed by atoms with Crippen LogP contribution in [0.5, 0.6) is 5.75 Å². The highest BCUT2D eigenvalue weighted by Crippen LogP contribution is 2.33. The molecule has 1 heterocycles. The minimum Gasteiger partial charge on any atom is -0.496 e. The molecule has 0 saturated heterocycles. The number of amidine groups is 2. The van der Waals surface area contributed by atoms with Crippen LogP contribution in [0.4, 0.5) is 0 Å². The standard InChI is InChI=1S/C18H17N5O4.2ClH/c1-26-15-7-6-12(18(20)22-25)8-13(15)14-9-16(27-23-14)10-2-4-11(5-3-10)17(19)21-24;;/h2-9,24-25H,1H3,(H2,19,21)(H2,20,22);2*1H. The van der Waals surface area contributed by atoms with Crippen molar-refractivity contribution in [3.63, 3.8) is 0 Å². The molecule has 0 saturated carbocycles. The van der Waals surface area contributed by atoms with Gasteiger partial charge >= 0.3 is 0 Å². The van der Waals surface area contributed by atoms with E-state index in [0.29, 0.717) is 33.9 Å². The zero-order chi connectivity index (χ0) is 19.4. The first-order valence-corrected chi connectivity index (χ1v) is 7.78. The maximum Gasteiger partial charge on any atom is 0.170 e. The predicted octanol–water partition coefficient (Wildman–Crippen LogP) is 3.05. The Labute approximate surface area is 178 Å². The van der Waals surface area contributed by atoms with Crippen LogP contribution in [-0.2, 0) is 0 Å². The number of nitrogens with two attached hydrogens (primary N) is 2. The zero-order valence-corrected chi connectivity index (χ0v) is 16.8. The number of halogens is 2. The maximum absolute atomic E-state index is 8.87. The molecule has 6 N–H and O–H groups in total. The molecule has 11 heteroatoms. The largest absolute Gasteiger partial charge is 0.496 e. The second-order valence-electron chi connectivity index (χ2n) is 5.54. The van der Waals surface area contributed by atoms with E-state index >= 15 is 0 Å². The van der Waals surface area contributed by atoms with E-state index in [1.165, 1.54) is 7.11 Å². The number of oxime groups is 2. The Hall–Kier alpha value is -3.43. The third kappa shape index (κ3) is 4.89. The molecule has 0 unspecified atom stereocenters. The molecule has 0 spiro atoms. The molecule has 9 nitrogen and oxygen atoms in total. The van der Waals surface area contributed by atoms with Crippen molar-refractivity contribution in [1.82, 2.24) is 5.16 Å². The number of nitrogens with zero attached hydrogens (tertiary/aromatic N) is 3. The molecule has 0 bridgehead atoms. The first-order valence-electron chi connectivity index (χ1n) is 7.78. The van der Waals surface area contributed by atoms with Crippen LogP contribution in [0.15, 0.2) is 63.4 Å². The molecule has 0 aliphatic carbocycles. The van der Waals surface area contributed by atoms with E-state index < -0.39 is 0 Å². The molecule has 0 fully saturated rings. The van der Waals surface area contributed by atoms with Gasteiger partial charge in [0.05, 0.1) is 7.11 Å². The lowest BCUT2D eigenvalue weighted by atomic mass is 10.0. The second-order valence-corrected chi connectivity index (χ2v) is 5.54. The summed E-state index contributed by atoms with van der Waals surface area (Å²) in [7, 11) is 1.54. The molecule has 3 rings (SSSR count). The number of methoxy groups -OCH3 is 1. The van der Waals surface area contributed by atoms with Crippen LogP contribution in [0, 0.1) is 0 Å². The third-order valence-electron chi connectivity index (χ3n) is 3.96. The van der Waals surface area contributed by atoms with Gasteiger partial charge in [-0.1, -0.05) is 39.7 Å². The SMILES string of the molecule is COc1ccc(/C(N)=N/O)cc1-c1cc(-c2ccc(/C(N)=N/O)cc2)on1.Cl.Cl. The fraction of sp³-hybridized carbons (Fsp3) is 0.0556. The highest BCUT2D eigenvalue weighted by Gasteiger charge is 2.15. The van der Waals surface area contributed by atoms with E-state index in [9.17, 15) is 0 Å². The van der Waals surface area contributed by atoms with Gasteiger partial charge in [-0.3, -0.25) is 0 Å². The van der Waals surface area contributed by atoms with Crippen molar-refractivity contribution in [2.24, 2.45) is 21.8 Å². The summed E-state index contributed by atoms with van der Waals surface area (Å²) in [5, 5.41) is 27.6. The van der Waals surface area contributed by atoms with E-state index in [1.54, 1.807) is 48.5 Å². The van der Waals surface area contributed by atoms with E-state index in [2.05, 4.69) is 15.5 Å². The van der Waals surface area contributed by atoms with Gasteiger partial charge in [0.25, 0.3) is 0 Å². The molecular formula is C18H19Cl2N5O4. The van der Waals surface area contributed by atoms with E-state index in [1.807, 2.05) is 0 Å². The minimum absolute atomic E-state index is 0. The quantitative estimate of drug-likeness (QED) is 0.206. The third-order valence-corrected chi connectivity index (χ3v) is 3.96. The van der Waals surface area contributed by atoms with Gasteiger partial charge in [-0.2, -0.15) is 0 Å². The Morgan fingerprint density at radius 2 is 1.52 bits per heavy atom. The second kappa shape index (κ2) is 10.2. The summed E-state index contributed by atoms with van der Waals surface area (Å²) < 4.78 is 10.8. The van der Waals surface area contributed by atoms with Crippen LogP contribution >= 0.6 is 24.8 Å². The topological polar surface area (TPSA) is 152 Å². The van der Waals surface area contributed by atoms with E-state index in [0.717, 1.165) is 5.56 Å². The van der Waals surface area contributed by atoms with Crippen LogP contribution in [-0.4, -0.2) is 34.4 Å². The first kappa shape index (κ1) is 23.6. The number of aromatic nitrogens is 1. The van der Waals surface area contributed by atoms with Crippen molar-refractivity contribution >= 4 is 36.5 Å². The minimum atomic E-state index is -0.0265. The van der Waals surface area contributed by atoms with Gasteiger partial charge in [-0.15, -0.1) is 24.8 Å². The Morgan fingerprint density at radius 3 is 2.10 bits per heavy atom. The van der Waals surface area contributed by atoms with Crippen molar-refractivity contribution in [3.8, 4) is 28.3 Å². The summed E-state index contributed by atoms with van der Waals surface area (Å²) in [5.74, 6) is 1.07. The lowest BCUT2D eigenvalue weighted by Crippen LogP contribution is -2.13. The molecule has 154 valence electrons. The predicted molar refractivity (Wildman–Crippen MR) is 113 cm³/mol. The van der Waals surface area contributed by atoms with Gasteiger partial charge in [0, 0.05) is 28.3 Å². The van der Waals surface area contributed by atoms with Crippen molar-refractivity contribution in [2.45, 2.75) is 0 Å². The van der Waals surface area contributed by atoms with Gasteiger partial charge in [-0.05, 0) is 18.2 Å². The lowest BCUT2D eigenvalue weighted by molar-refractivity contribution is 0.318. The molecule has 0 aliphatic rings. The van der Waals surface area contributed by atoms with Crippen molar-refractivity contribution in [3.05, 3.63) is 59.7 Å². The molecule has 0 atom stereocenters. The number of rotatable bonds is 5. The normalized spacial score (nSPS) is 11.3. The summed E-state index contributed by atoms with van der Waals surface area (Å²) in [6.45, 7) is 0. The Kier molecular flexibility index (Phi) is 8.31. The number of hydrogen-bond donors (Lipinski definition) is 4. The van der Waals surface area contributed by atoms with Crippen LogP contribution in [0.2, 0.25) is 0 Å². The van der Waals surface area contributed by atoms with Crippen molar-refractivity contribution < 1.29 is 19.7 Å². The lowest BCUT2D eigenvalue weighted by Gasteiger charge is -2.07. The Balaban J connectivity index is 0.00000210.